The highest BCUT2D eigenvalue weighted by Crippen LogP contribution is 2.28. The smallest absolute Gasteiger partial charge is 0.267 e. The van der Waals surface area contributed by atoms with E-state index in [0.717, 1.165) is 19.5 Å². The minimum absolute atomic E-state index is 0.0434. The van der Waals surface area contributed by atoms with Crippen LogP contribution in [-0.4, -0.2) is 48.6 Å². The number of hydrogen-bond acceptors (Lipinski definition) is 6. The maximum Gasteiger partial charge on any atom is 0.267 e. The van der Waals surface area contributed by atoms with Gasteiger partial charge in [-0.15, -0.1) is 0 Å². The molecular formula is C13H22N4O2S. The lowest BCUT2D eigenvalue weighted by Gasteiger charge is -2.35. The van der Waals surface area contributed by atoms with Crippen molar-refractivity contribution in [3.05, 3.63) is 4.88 Å². The summed E-state index contributed by atoms with van der Waals surface area (Å²) in [6.07, 6.45) is 1.04. The molecule has 0 radical (unpaired) electrons. The molecule has 112 valence electrons. The number of rotatable bonds is 4. The fourth-order valence-electron chi connectivity index (χ4n) is 2.38. The van der Waals surface area contributed by atoms with Crippen molar-refractivity contribution in [3.8, 4) is 0 Å². The maximum absolute atomic E-state index is 12.5. The number of nitrogens with two attached hydrogens (primary N) is 1. The van der Waals surface area contributed by atoms with Gasteiger partial charge in [-0.05, 0) is 19.3 Å². The van der Waals surface area contributed by atoms with Crippen molar-refractivity contribution in [1.29, 1.82) is 0 Å². The second-order valence-corrected chi connectivity index (χ2v) is 6.05. The zero-order valence-electron chi connectivity index (χ0n) is 12.2. The molecule has 1 amide bonds. The van der Waals surface area contributed by atoms with Gasteiger partial charge in [-0.3, -0.25) is 4.79 Å². The number of anilines is 2. The Morgan fingerprint density at radius 1 is 1.65 bits per heavy atom. The summed E-state index contributed by atoms with van der Waals surface area (Å²) in [5.74, 6) is 0.738. The number of ether oxygens (including phenoxy) is 1. The number of amides is 1. The molecule has 2 atom stereocenters. The standard InChI is InChI=1S/C13H22N4O2S/c1-4-15-13-16-11(14)10(20-13)12(18)17-6-5-8(2)9(7-17)19-3/h8-9H,4-7,14H2,1-3H3,(H,15,16). The van der Waals surface area contributed by atoms with E-state index in [1.165, 1.54) is 11.3 Å². The molecule has 20 heavy (non-hydrogen) atoms. The number of nitrogens with zero attached hydrogens (tertiary/aromatic N) is 2. The van der Waals surface area contributed by atoms with E-state index in [1.807, 2.05) is 11.8 Å². The van der Waals surface area contributed by atoms with Crippen molar-refractivity contribution in [1.82, 2.24) is 9.88 Å². The second-order valence-electron chi connectivity index (χ2n) is 5.05. The fraction of sp³-hybridized carbons (Fsp3) is 0.692. The molecule has 1 saturated heterocycles. The van der Waals surface area contributed by atoms with E-state index in [0.29, 0.717) is 28.3 Å². The number of carbonyl (C=O) groups excluding carboxylic acids is 1. The van der Waals surface area contributed by atoms with Gasteiger partial charge in [-0.25, -0.2) is 4.98 Å². The highest BCUT2D eigenvalue weighted by Gasteiger charge is 2.31. The van der Waals surface area contributed by atoms with Crippen molar-refractivity contribution in [2.24, 2.45) is 5.92 Å². The molecule has 3 N–H and O–H groups in total. The first-order valence-corrected chi connectivity index (χ1v) is 7.70. The summed E-state index contributed by atoms with van der Waals surface area (Å²) in [5, 5.41) is 3.78. The highest BCUT2D eigenvalue weighted by atomic mass is 32.1. The van der Waals surface area contributed by atoms with Gasteiger partial charge in [0.05, 0.1) is 6.10 Å². The zero-order valence-corrected chi connectivity index (χ0v) is 13.0. The van der Waals surface area contributed by atoms with Crippen LogP contribution in [0, 0.1) is 5.92 Å². The SMILES string of the molecule is CCNc1nc(N)c(C(=O)N2CCC(C)C(OC)C2)s1. The van der Waals surface area contributed by atoms with Crippen molar-refractivity contribution in [2.45, 2.75) is 26.4 Å². The first kappa shape index (κ1) is 15.1. The molecular weight excluding hydrogens is 276 g/mol. The van der Waals surface area contributed by atoms with E-state index >= 15 is 0 Å². The maximum atomic E-state index is 12.5. The van der Waals surface area contributed by atoms with Crippen molar-refractivity contribution < 1.29 is 9.53 Å². The summed E-state index contributed by atoms with van der Waals surface area (Å²) in [7, 11) is 1.69. The molecule has 1 fully saturated rings. The van der Waals surface area contributed by atoms with Gasteiger partial charge in [-0.1, -0.05) is 18.3 Å². The first-order valence-electron chi connectivity index (χ1n) is 6.89. The number of hydrogen-bond donors (Lipinski definition) is 2. The van der Waals surface area contributed by atoms with E-state index < -0.39 is 0 Å². The molecule has 0 spiro atoms. The van der Waals surface area contributed by atoms with Gasteiger partial charge in [0.1, 0.15) is 10.7 Å². The second kappa shape index (κ2) is 6.41. The third-order valence-corrected chi connectivity index (χ3v) is 4.67. The topological polar surface area (TPSA) is 80.5 Å². The van der Waals surface area contributed by atoms with Gasteiger partial charge in [-0.2, -0.15) is 0 Å². The predicted octanol–water partition coefficient (Wildman–Crippen LogP) is 1.65. The predicted molar refractivity (Wildman–Crippen MR) is 81.2 cm³/mol. The molecule has 1 aliphatic heterocycles. The Morgan fingerprint density at radius 3 is 3.05 bits per heavy atom. The lowest BCUT2D eigenvalue weighted by atomic mass is 9.96. The van der Waals surface area contributed by atoms with Crippen LogP contribution in [0.1, 0.15) is 29.9 Å². The van der Waals surface area contributed by atoms with Crippen LogP contribution >= 0.6 is 11.3 Å². The van der Waals surface area contributed by atoms with Gasteiger partial charge < -0.3 is 20.7 Å². The molecule has 1 aromatic heterocycles. The minimum Gasteiger partial charge on any atom is -0.382 e. The fourth-order valence-corrected chi connectivity index (χ4v) is 3.30. The quantitative estimate of drug-likeness (QED) is 0.883. The number of aromatic nitrogens is 1. The van der Waals surface area contributed by atoms with Gasteiger partial charge in [0.25, 0.3) is 5.91 Å². The Morgan fingerprint density at radius 2 is 2.40 bits per heavy atom. The molecule has 2 heterocycles. The molecule has 2 unspecified atom stereocenters. The van der Waals surface area contributed by atoms with E-state index in [4.69, 9.17) is 10.5 Å². The summed E-state index contributed by atoms with van der Waals surface area (Å²) >= 11 is 1.32. The third-order valence-electron chi connectivity index (χ3n) is 3.65. The Bertz CT molecular complexity index is 477. The van der Waals surface area contributed by atoms with Crippen LogP contribution in [0.15, 0.2) is 0 Å². The molecule has 0 aliphatic carbocycles. The van der Waals surface area contributed by atoms with E-state index in [1.54, 1.807) is 7.11 Å². The lowest BCUT2D eigenvalue weighted by Crippen LogP contribution is -2.46. The number of nitrogen functional groups attached to an aromatic ring is 1. The van der Waals surface area contributed by atoms with Crippen LogP contribution in [0.25, 0.3) is 0 Å². The molecule has 1 aliphatic rings. The van der Waals surface area contributed by atoms with E-state index in [-0.39, 0.29) is 12.0 Å². The van der Waals surface area contributed by atoms with Crippen LogP contribution in [0.5, 0.6) is 0 Å². The minimum atomic E-state index is -0.0434. The monoisotopic (exact) mass is 298 g/mol. The van der Waals surface area contributed by atoms with Crippen molar-refractivity contribution >= 4 is 28.2 Å². The number of nitrogens with one attached hydrogen (secondary N) is 1. The lowest BCUT2D eigenvalue weighted by molar-refractivity contribution is -0.00136. The van der Waals surface area contributed by atoms with E-state index in [9.17, 15) is 4.79 Å². The number of likely N-dealkylation sites (tertiary alicyclic amines) is 1. The van der Waals surface area contributed by atoms with Crippen molar-refractivity contribution in [3.63, 3.8) is 0 Å². The summed E-state index contributed by atoms with van der Waals surface area (Å²) in [6, 6.07) is 0. The number of thiazole rings is 1. The average Bonchev–Trinajstić information content (AvgIpc) is 2.80. The molecule has 7 heteroatoms. The van der Waals surface area contributed by atoms with Crippen LogP contribution in [0.2, 0.25) is 0 Å². The van der Waals surface area contributed by atoms with Crippen LogP contribution in [-0.2, 0) is 4.74 Å². The first-order chi connectivity index (χ1) is 9.56. The molecule has 1 aromatic rings. The highest BCUT2D eigenvalue weighted by molar-refractivity contribution is 7.18. The zero-order chi connectivity index (χ0) is 14.7. The van der Waals surface area contributed by atoms with Crippen LogP contribution in [0.4, 0.5) is 10.9 Å². The van der Waals surface area contributed by atoms with Crippen molar-refractivity contribution in [2.75, 3.05) is 37.8 Å². The van der Waals surface area contributed by atoms with Gasteiger partial charge in [0.2, 0.25) is 0 Å². The summed E-state index contributed by atoms with van der Waals surface area (Å²) in [5.41, 5.74) is 5.85. The summed E-state index contributed by atoms with van der Waals surface area (Å²) < 4.78 is 5.44. The van der Waals surface area contributed by atoms with Crippen LogP contribution in [0.3, 0.4) is 0 Å². The van der Waals surface area contributed by atoms with Gasteiger partial charge in [0, 0.05) is 26.7 Å². The Balaban J connectivity index is 2.11. The molecule has 2 rings (SSSR count). The molecule has 6 nitrogen and oxygen atoms in total. The Labute approximate surface area is 123 Å². The summed E-state index contributed by atoms with van der Waals surface area (Å²) in [4.78, 5) is 19.0. The summed E-state index contributed by atoms with van der Waals surface area (Å²) in [6.45, 7) is 6.25. The molecule has 0 saturated carbocycles. The molecule has 0 aromatic carbocycles. The largest absolute Gasteiger partial charge is 0.382 e. The number of carbonyl (C=O) groups is 1. The normalized spacial score (nSPS) is 22.9. The number of piperidine rings is 1. The average molecular weight is 298 g/mol. The van der Waals surface area contributed by atoms with Gasteiger partial charge in [0.15, 0.2) is 5.13 Å². The number of methoxy groups -OCH3 is 1. The van der Waals surface area contributed by atoms with Gasteiger partial charge >= 0.3 is 0 Å². The third kappa shape index (κ3) is 3.04. The van der Waals surface area contributed by atoms with E-state index in [2.05, 4.69) is 17.2 Å². The Hall–Kier alpha value is -1.34. The Kier molecular flexibility index (Phi) is 4.82. The van der Waals surface area contributed by atoms with Crippen LogP contribution < -0.4 is 11.1 Å². The molecule has 0 bridgehead atoms.